The Bertz CT molecular complexity index is 894. The molecule has 8 heteroatoms. The Balaban J connectivity index is 0.000000423. The standard InChI is InChI=1S/C21H26N2O.C2HF3O2/c1-3-18(17-10-8-9-16(2)15-17)21(24)22-19-11-4-5-12-20(19)23-13-6-7-14-23;3-2(4,5)1(6)7/h4-5,8-12,15,18H,3,6-7,13-14H2,1-2H3,(H,22,24);(H,6,7). The monoisotopic (exact) mass is 436 g/mol. The summed E-state index contributed by atoms with van der Waals surface area (Å²) >= 11 is 0. The van der Waals surface area contributed by atoms with E-state index in [0.29, 0.717) is 0 Å². The number of rotatable bonds is 5. The molecular formula is C23H27F3N2O3. The summed E-state index contributed by atoms with van der Waals surface area (Å²) < 4.78 is 31.7. The molecule has 0 radical (unpaired) electrons. The zero-order valence-corrected chi connectivity index (χ0v) is 17.6. The minimum absolute atomic E-state index is 0.0785. The molecule has 1 aliphatic rings. The van der Waals surface area contributed by atoms with Gasteiger partial charge in [-0.1, -0.05) is 48.9 Å². The lowest BCUT2D eigenvalue weighted by Crippen LogP contribution is -2.24. The Morgan fingerprint density at radius 3 is 2.26 bits per heavy atom. The predicted octanol–water partition coefficient (Wildman–Crippen LogP) is 5.36. The van der Waals surface area contributed by atoms with Gasteiger partial charge in [0.25, 0.3) is 0 Å². The average molecular weight is 436 g/mol. The number of nitrogens with zero attached hydrogens (tertiary/aromatic N) is 1. The molecule has 0 spiro atoms. The number of para-hydroxylation sites is 2. The van der Waals surface area contributed by atoms with E-state index in [9.17, 15) is 18.0 Å². The molecule has 31 heavy (non-hydrogen) atoms. The highest BCUT2D eigenvalue weighted by Crippen LogP contribution is 2.30. The topological polar surface area (TPSA) is 69.6 Å². The fourth-order valence-corrected chi connectivity index (χ4v) is 3.49. The molecule has 0 aromatic heterocycles. The van der Waals surface area contributed by atoms with Crippen molar-refractivity contribution >= 4 is 23.3 Å². The van der Waals surface area contributed by atoms with Gasteiger partial charge in [0.2, 0.25) is 5.91 Å². The number of carboxylic acid groups (broad SMARTS) is 1. The molecule has 1 amide bonds. The fraction of sp³-hybridized carbons (Fsp3) is 0.391. The molecule has 168 valence electrons. The third kappa shape index (κ3) is 7.01. The van der Waals surface area contributed by atoms with Crippen LogP contribution in [0.5, 0.6) is 0 Å². The van der Waals surface area contributed by atoms with E-state index in [-0.39, 0.29) is 11.8 Å². The molecule has 2 aromatic carbocycles. The van der Waals surface area contributed by atoms with Gasteiger partial charge in [-0.25, -0.2) is 4.79 Å². The second-order valence-corrected chi connectivity index (χ2v) is 7.38. The van der Waals surface area contributed by atoms with Gasteiger partial charge in [0, 0.05) is 13.1 Å². The number of anilines is 2. The fourth-order valence-electron chi connectivity index (χ4n) is 3.49. The summed E-state index contributed by atoms with van der Waals surface area (Å²) in [5, 5.41) is 10.3. The van der Waals surface area contributed by atoms with Crippen LogP contribution < -0.4 is 10.2 Å². The number of halogens is 3. The summed E-state index contributed by atoms with van der Waals surface area (Å²) in [6.07, 6.45) is -1.84. The van der Waals surface area contributed by atoms with Gasteiger partial charge in [-0.2, -0.15) is 13.2 Å². The molecule has 5 nitrogen and oxygen atoms in total. The normalized spacial score (nSPS) is 14.4. The molecule has 1 heterocycles. The van der Waals surface area contributed by atoms with Crippen LogP contribution >= 0.6 is 0 Å². The van der Waals surface area contributed by atoms with Crippen molar-refractivity contribution < 1.29 is 27.9 Å². The zero-order valence-electron chi connectivity index (χ0n) is 17.6. The molecule has 1 atom stereocenters. The number of carboxylic acids is 1. The summed E-state index contributed by atoms with van der Waals surface area (Å²) in [7, 11) is 0. The molecule has 1 unspecified atom stereocenters. The van der Waals surface area contributed by atoms with E-state index in [1.165, 1.54) is 18.4 Å². The lowest BCUT2D eigenvalue weighted by molar-refractivity contribution is -0.192. The van der Waals surface area contributed by atoms with Crippen molar-refractivity contribution in [3.05, 3.63) is 59.7 Å². The van der Waals surface area contributed by atoms with Crippen LogP contribution in [0.15, 0.2) is 48.5 Å². The van der Waals surface area contributed by atoms with Crippen molar-refractivity contribution in [2.45, 2.75) is 45.2 Å². The third-order valence-corrected chi connectivity index (χ3v) is 5.02. The van der Waals surface area contributed by atoms with E-state index < -0.39 is 12.1 Å². The first-order chi connectivity index (χ1) is 14.6. The SMILES string of the molecule is CCC(C(=O)Nc1ccccc1N1CCCC1)c1cccc(C)c1.O=C(O)C(F)(F)F. The number of carbonyl (C=O) groups is 2. The number of alkyl halides is 3. The minimum Gasteiger partial charge on any atom is -0.475 e. The van der Waals surface area contributed by atoms with Crippen LogP contribution in [0.4, 0.5) is 24.5 Å². The van der Waals surface area contributed by atoms with Crippen molar-refractivity contribution in [1.82, 2.24) is 0 Å². The summed E-state index contributed by atoms with van der Waals surface area (Å²) in [5.74, 6) is -2.79. The molecule has 0 saturated carbocycles. The summed E-state index contributed by atoms with van der Waals surface area (Å²) in [6.45, 7) is 6.28. The summed E-state index contributed by atoms with van der Waals surface area (Å²) in [4.78, 5) is 24.2. The lowest BCUT2D eigenvalue weighted by atomic mass is 9.94. The van der Waals surface area contributed by atoms with Crippen LogP contribution in [0.3, 0.4) is 0 Å². The number of amides is 1. The van der Waals surface area contributed by atoms with Gasteiger partial charge in [0.15, 0.2) is 0 Å². The molecule has 1 saturated heterocycles. The van der Waals surface area contributed by atoms with Crippen molar-refractivity contribution in [1.29, 1.82) is 0 Å². The Kier molecular flexibility index (Phi) is 8.47. The van der Waals surface area contributed by atoms with Gasteiger partial charge in [-0.05, 0) is 43.9 Å². The largest absolute Gasteiger partial charge is 0.490 e. The highest BCUT2D eigenvalue weighted by Gasteiger charge is 2.38. The number of aryl methyl sites for hydroxylation is 1. The Morgan fingerprint density at radius 1 is 1.10 bits per heavy atom. The van der Waals surface area contributed by atoms with Crippen LogP contribution in [-0.4, -0.2) is 36.2 Å². The average Bonchev–Trinajstić information content (AvgIpc) is 3.23. The van der Waals surface area contributed by atoms with Crippen molar-refractivity contribution in [2.75, 3.05) is 23.3 Å². The maximum atomic E-state index is 12.9. The Morgan fingerprint density at radius 2 is 1.71 bits per heavy atom. The van der Waals surface area contributed by atoms with Crippen LogP contribution in [-0.2, 0) is 9.59 Å². The molecular weight excluding hydrogens is 409 g/mol. The summed E-state index contributed by atoms with van der Waals surface area (Å²) in [5.41, 5.74) is 4.35. The molecule has 1 aliphatic heterocycles. The lowest BCUT2D eigenvalue weighted by Gasteiger charge is -2.23. The summed E-state index contributed by atoms with van der Waals surface area (Å²) in [6, 6.07) is 16.4. The van der Waals surface area contributed by atoms with E-state index in [1.54, 1.807) is 0 Å². The third-order valence-electron chi connectivity index (χ3n) is 5.02. The van der Waals surface area contributed by atoms with E-state index in [2.05, 4.69) is 42.3 Å². The first-order valence-corrected chi connectivity index (χ1v) is 10.1. The number of hydrogen-bond acceptors (Lipinski definition) is 3. The van der Waals surface area contributed by atoms with Crippen LogP contribution in [0, 0.1) is 6.92 Å². The maximum absolute atomic E-state index is 12.9. The van der Waals surface area contributed by atoms with E-state index in [1.807, 2.05) is 30.3 Å². The molecule has 3 rings (SSSR count). The van der Waals surface area contributed by atoms with Gasteiger partial charge in [0.05, 0.1) is 17.3 Å². The molecule has 2 aromatic rings. The number of hydrogen-bond donors (Lipinski definition) is 2. The molecule has 2 N–H and O–H groups in total. The van der Waals surface area contributed by atoms with Crippen molar-refractivity contribution in [2.24, 2.45) is 0 Å². The Hall–Kier alpha value is -3.03. The molecule has 0 bridgehead atoms. The van der Waals surface area contributed by atoms with Crippen LogP contribution in [0.2, 0.25) is 0 Å². The smallest absolute Gasteiger partial charge is 0.475 e. The second-order valence-electron chi connectivity index (χ2n) is 7.38. The minimum atomic E-state index is -5.08. The Labute approximate surface area is 179 Å². The van der Waals surface area contributed by atoms with Crippen LogP contribution in [0.25, 0.3) is 0 Å². The highest BCUT2D eigenvalue weighted by molar-refractivity contribution is 5.98. The molecule has 0 aliphatic carbocycles. The van der Waals surface area contributed by atoms with Gasteiger partial charge in [0.1, 0.15) is 0 Å². The van der Waals surface area contributed by atoms with E-state index in [4.69, 9.17) is 9.90 Å². The first-order valence-electron chi connectivity index (χ1n) is 10.1. The van der Waals surface area contributed by atoms with Crippen molar-refractivity contribution in [3.63, 3.8) is 0 Å². The number of aliphatic carboxylic acids is 1. The van der Waals surface area contributed by atoms with Crippen molar-refractivity contribution in [3.8, 4) is 0 Å². The maximum Gasteiger partial charge on any atom is 0.490 e. The van der Waals surface area contributed by atoms with Crippen LogP contribution in [0.1, 0.15) is 43.2 Å². The molecule has 1 fully saturated rings. The highest BCUT2D eigenvalue weighted by atomic mass is 19.4. The predicted molar refractivity (Wildman–Crippen MR) is 114 cm³/mol. The first kappa shape index (κ1) is 24.2. The number of nitrogens with one attached hydrogen (secondary N) is 1. The quantitative estimate of drug-likeness (QED) is 0.662. The number of benzene rings is 2. The van der Waals surface area contributed by atoms with Gasteiger partial charge in [-0.3, -0.25) is 4.79 Å². The zero-order chi connectivity index (χ0) is 23.0. The number of carbonyl (C=O) groups excluding carboxylic acids is 1. The van der Waals surface area contributed by atoms with E-state index >= 15 is 0 Å². The van der Waals surface area contributed by atoms with Gasteiger partial charge >= 0.3 is 12.1 Å². The van der Waals surface area contributed by atoms with Gasteiger partial charge < -0.3 is 15.3 Å². The van der Waals surface area contributed by atoms with Gasteiger partial charge in [-0.15, -0.1) is 0 Å². The van der Waals surface area contributed by atoms with E-state index in [0.717, 1.165) is 36.4 Å². The second kappa shape index (κ2) is 10.8.